The zero-order valence-electron chi connectivity index (χ0n) is 10.6. The van der Waals surface area contributed by atoms with E-state index in [0.29, 0.717) is 0 Å². The Morgan fingerprint density at radius 3 is 2.65 bits per heavy atom. The molecular weight excluding hydrogens is 224 g/mol. The van der Waals surface area contributed by atoms with Crippen molar-refractivity contribution in [3.05, 3.63) is 12.7 Å². The summed E-state index contributed by atoms with van der Waals surface area (Å²) in [6, 6.07) is 0. The highest BCUT2D eigenvalue weighted by Gasteiger charge is 2.43. The van der Waals surface area contributed by atoms with Crippen LogP contribution in [0.15, 0.2) is 12.7 Å². The highest BCUT2D eigenvalue weighted by Crippen LogP contribution is 2.31. The molecule has 0 spiro atoms. The van der Waals surface area contributed by atoms with E-state index in [2.05, 4.69) is 6.58 Å². The fourth-order valence-corrected chi connectivity index (χ4v) is 2.02. The molecule has 4 atom stereocenters. The zero-order valence-corrected chi connectivity index (χ0v) is 10.6. The Bertz CT molecular complexity index is 253. The first-order valence-electron chi connectivity index (χ1n) is 5.66. The molecule has 17 heavy (non-hydrogen) atoms. The van der Waals surface area contributed by atoms with Gasteiger partial charge in [0.2, 0.25) is 0 Å². The summed E-state index contributed by atoms with van der Waals surface area (Å²) < 4.78 is 15.9. The van der Waals surface area contributed by atoms with Crippen molar-refractivity contribution in [3.63, 3.8) is 0 Å². The Hall–Kier alpha value is -0.460. The van der Waals surface area contributed by atoms with Crippen molar-refractivity contribution >= 4 is 0 Å². The molecule has 0 aromatic carbocycles. The summed E-state index contributed by atoms with van der Waals surface area (Å²) in [5, 5.41) is 19.2. The molecule has 0 saturated carbocycles. The Kier molecular flexibility index (Phi) is 5.09. The van der Waals surface area contributed by atoms with Gasteiger partial charge in [-0.15, -0.1) is 6.58 Å². The summed E-state index contributed by atoms with van der Waals surface area (Å²) in [6.07, 6.45) is -0.683. The van der Waals surface area contributed by atoms with Gasteiger partial charge in [-0.25, -0.2) is 0 Å². The molecule has 1 fully saturated rings. The molecule has 5 nitrogen and oxygen atoms in total. The van der Waals surface area contributed by atoms with Gasteiger partial charge >= 0.3 is 0 Å². The van der Waals surface area contributed by atoms with Crippen LogP contribution in [0.5, 0.6) is 0 Å². The van der Waals surface area contributed by atoms with E-state index in [1.54, 1.807) is 13.2 Å². The third-order valence-corrected chi connectivity index (χ3v) is 3.25. The summed E-state index contributed by atoms with van der Waals surface area (Å²) >= 11 is 0. The average Bonchev–Trinajstić information content (AvgIpc) is 2.32. The van der Waals surface area contributed by atoms with Gasteiger partial charge in [-0.1, -0.05) is 19.9 Å². The van der Waals surface area contributed by atoms with Crippen molar-refractivity contribution < 1.29 is 24.4 Å². The van der Waals surface area contributed by atoms with E-state index in [9.17, 15) is 5.11 Å². The summed E-state index contributed by atoms with van der Waals surface area (Å²) in [7, 11) is 1.56. The summed E-state index contributed by atoms with van der Waals surface area (Å²) in [5.74, 6) is 0. The fraction of sp³-hybridized carbons (Fsp3) is 0.833. The Morgan fingerprint density at radius 1 is 1.53 bits per heavy atom. The molecule has 1 heterocycles. The van der Waals surface area contributed by atoms with Crippen LogP contribution in [0.3, 0.4) is 0 Å². The second-order valence-corrected chi connectivity index (χ2v) is 4.81. The van der Waals surface area contributed by atoms with Crippen molar-refractivity contribution in [1.82, 2.24) is 0 Å². The number of rotatable bonds is 5. The first kappa shape index (κ1) is 14.6. The summed E-state index contributed by atoms with van der Waals surface area (Å²) in [6.45, 7) is 7.46. The molecular formula is C12H22O5. The van der Waals surface area contributed by atoms with Crippen LogP contribution in [-0.2, 0) is 14.2 Å². The minimum absolute atomic E-state index is 0.0417. The lowest BCUT2D eigenvalue weighted by molar-refractivity contribution is -0.267. The summed E-state index contributed by atoms with van der Waals surface area (Å²) in [4.78, 5) is 0. The molecule has 0 aliphatic carbocycles. The number of ether oxygens (including phenoxy) is 3. The third kappa shape index (κ3) is 3.05. The number of aliphatic hydroxyl groups is 2. The Balaban J connectivity index is 2.84. The molecule has 0 aromatic rings. The van der Waals surface area contributed by atoms with Crippen molar-refractivity contribution in [2.75, 3.05) is 20.5 Å². The van der Waals surface area contributed by atoms with Crippen LogP contribution in [-0.4, -0.2) is 55.1 Å². The van der Waals surface area contributed by atoms with E-state index in [1.165, 1.54) is 0 Å². The second kappa shape index (κ2) is 5.93. The maximum atomic E-state index is 10.1. The normalized spacial score (nSPS) is 32.2. The molecule has 0 bridgehead atoms. The first-order valence-corrected chi connectivity index (χ1v) is 5.66. The number of hydrogen-bond donors (Lipinski definition) is 2. The van der Waals surface area contributed by atoms with Gasteiger partial charge in [-0.3, -0.25) is 0 Å². The van der Waals surface area contributed by atoms with Crippen molar-refractivity contribution in [2.45, 2.75) is 38.3 Å². The van der Waals surface area contributed by atoms with Gasteiger partial charge in [0.1, 0.15) is 25.1 Å². The number of methoxy groups -OCH3 is 1. The van der Waals surface area contributed by atoms with Gasteiger partial charge in [-0.05, 0) is 0 Å². The van der Waals surface area contributed by atoms with E-state index in [1.807, 2.05) is 13.8 Å². The third-order valence-electron chi connectivity index (χ3n) is 3.25. The lowest BCUT2D eigenvalue weighted by Crippen LogP contribution is -2.56. The number of aliphatic hydroxyl groups excluding tert-OH is 2. The van der Waals surface area contributed by atoms with E-state index in [-0.39, 0.29) is 24.9 Å². The quantitative estimate of drug-likeness (QED) is 0.683. The molecule has 1 saturated heterocycles. The topological polar surface area (TPSA) is 68.2 Å². The second-order valence-electron chi connectivity index (χ2n) is 4.81. The molecule has 1 aliphatic heterocycles. The molecule has 0 aromatic heterocycles. The van der Waals surface area contributed by atoms with Crippen molar-refractivity contribution in [3.8, 4) is 0 Å². The first-order chi connectivity index (χ1) is 7.97. The molecule has 100 valence electrons. The predicted octanol–water partition coefficient (Wildman–Crippen LogP) is 0.308. The zero-order chi connectivity index (χ0) is 13.1. The van der Waals surface area contributed by atoms with Crippen LogP contribution in [0, 0.1) is 5.41 Å². The monoisotopic (exact) mass is 246 g/mol. The maximum Gasteiger partial charge on any atom is 0.147 e. The van der Waals surface area contributed by atoms with Gasteiger partial charge < -0.3 is 24.4 Å². The standard InChI is InChI=1S/C12H22O5/c1-5-12(2,3)11(15-4)10-9(14)8(6-13)16-7-17-10/h5,8-11,13-14H,1,6-7H2,2-4H3/t8-,9-,10+,11-/m1/s1. The molecule has 1 rings (SSSR count). The fourth-order valence-electron chi connectivity index (χ4n) is 2.02. The van der Waals surface area contributed by atoms with Crippen molar-refractivity contribution in [2.24, 2.45) is 5.41 Å². The Labute approximate surface area is 102 Å². The average molecular weight is 246 g/mol. The highest BCUT2D eigenvalue weighted by atomic mass is 16.7. The van der Waals surface area contributed by atoms with E-state index >= 15 is 0 Å². The molecule has 5 heteroatoms. The van der Waals surface area contributed by atoms with Crippen LogP contribution in [0.25, 0.3) is 0 Å². The molecule has 0 amide bonds. The lowest BCUT2D eigenvalue weighted by atomic mass is 9.81. The lowest BCUT2D eigenvalue weighted by Gasteiger charge is -2.42. The maximum absolute atomic E-state index is 10.1. The highest BCUT2D eigenvalue weighted by molar-refractivity contribution is 5.00. The summed E-state index contributed by atoms with van der Waals surface area (Å²) in [5.41, 5.74) is -0.349. The van der Waals surface area contributed by atoms with Crippen molar-refractivity contribution in [1.29, 1.82) is 0 Å². The van der Waals surface area contributed by atoms with Gasteiger partial charge in [0.25, 0.3) is 0 Å². The van der Waals surface area contributed by atoms with Crippen LogP contribution < -0.4 is 0 Å². The minimum atomic E-state index is -0.919. The van der Waals surface area contributed by atoms with Crippen LogP contribution in [0.1, 0.15) is 13.8 Å². The SMILES string of the molecule is C=CC(C)(C)[C@H](OC)[C@H]1OCO[C@H](CO)[C@H]1O. The van der Waals surface area contributed by atoms with Crippen LogP contribution in [0.4, 0.5) is 0 Å². The van der Waals surface area contributed by atoms with Gasteiger partial charge in [-0.2, -0.15) is 0 Å². The van der Waals surface area contributed by atoms with Gasteiger partial charge in [0, 0.05) is 12.5 Å². The molecule has 2 N–H and O–H groups in total. The smallest absolute Gasteiger partial charge is 0.147 e. The van der Waals surface area contributed by atoms with E-state index in [0.717, 1.165) is 0 Å². The molecule has 0 radical (unpaired) electrons. The van der Waals surface area contributed by atoms with Crippen LogP contribution >= 0.6 is 0 Å². The van der Waals surface area contributed by atoms with Crippen LogP contribution in [0.2, 0.25) is 0 Å². The molecule has 1 aliphatic rings. The van der Waals surface area contributed by atoms with Gasteiger partial charge in [0.05, 0.1) is 12.7 Å². The Morgan fingerprint density at radius 2 is 2.18 bits per heavy atom. The number of hydrogen-bond acceptors (Lipinski definition) is 5. The molecule has 0 unspecified atom stereocenters. The largest absolute Gasteiger partial charge is 0.394 e. The van der Waals surface area contributed by atoms with E-state index < -0.39 is 18.3 Å². The minimum Gasteiger partial charge on any atom is -0.394 e. The van der Waals surface area contributed by atoms with Gasteiger partial charge in [0.15, 0.2) is 0 Å². The van der Waals surface area contributed by atoms with E-state index in [4.69, 9.17) is 19.3 Å². The predicted molar refractivity (Wildman–Crippen MR) is 62.5 cm³/mol.